The molecule has 28 heavy (non-hydrogen) atoms. The van der Waals surface area contributed by atoms with Crippen LogP contribution in [-0.4, -0.2) is 21.2 Å². The van der Waals surface area contributed by atoms with Crippen LogP contribution in [0.15, 0.2) is 42.7 Å². The van der Waals surface area contributed by atoms with Gasteiger partial charge in [0.25, 0.3) is 0 Å². The molecule has 0 aliphatic heterocycles. The van der Waals surface area contributed by atoms with Crippen LogP contribution >= 0.6 is 11.3 Å². The molecule has 0 fully saturated rings. The Labute approximate surface area is 169 Å². The molecule has 0 spiro atoms. The van der Waals surface area contributed by atoms with Crippen molar-refractivity contribution >= 4 is 28.2 Å². The van der Waals surface area contributed by atoms with Crippen LogP contribution in [0.5, 0.6) is 0 Å². The van der Waals surface area contributed by atoms with Crippen molar-refractivity contribution in [1.82, 2.24) is 15.2 Å². The number of anilines is 2. The highest BCUT2D eigenvalue weighted by Gasteiger charge is 2.14. The second-order valence-corrected chi connectivity index (χ2v) is 8.63. The third-order valence-electron chi connectivity index (χ3n) is 4.23. The Morgan fingerprint density at radius 1 is 1.07 bits per heavy atom. The molecule has 0 bridgehead atoms. The number of aryl methyl sites for hydroxylation is 1. The number of carbonyl (C=O) groups is 1. The van der Waals surface area contributed by atoms with Crippen LogP contribution in [0.25, 0.3) is 10.6 Å². The van der Waals surface area contributed by atoms with Crippen LogP contribution in [0.3, 0.4) is 0 Å². The van der Waals surface area contributed by atoms with Gasteiger partial charge in [-0.05, 0) is 41.2 Å². The molecule has 0 unspecified atom stereocenters. The number of rotatable bonds is 5. The van der Waals surface area contributed by atoms with Crippen LogP contribution in [0.2, 0.25) is 0 Å². The van der Waals surface area contributed by atoms with Gasteiger partial charge in [0.1, 0.15) is 0 Å². The van der Waals surface area contributed by atoms with Gasteiger partial charge in [0, 0.05) is 23.6 Å². The Morgan fingerprint density at radius 3 is 2.50 bits per heavy atom. The normalized spacial score (nSPS) is 11.3. The molecule has 2 heterocycles. The van der Waals surface area contributed by atoms with Gasteiger partial charge in [-0.2, -0.15) is 0 Å². The average molecular weight is 396 g/mol. The maximum Gasteiger partial charge on any atom is 0.325 e. The van der Waals surface area contributed by atoms with Gasteiger partial charge in [0.2, 0.25) is 5.13 Å². The first-order valence-corrected chi connectivity index (χ1v) is 10.1. The van der Waals surface area contributed by atoms with Crippen molar-refractivity contribution in [2.75, 3.05) is 10.6 Å². The zero-order chi connectivity index (χ0) is 20.1. The molecule has 3 rings (SSSR count). The van der Waals surface area contributed by atoms with Gasteiger partial charge in [-0.1, -0.05) is 57.6 Å². The van der Waals surface area contributed by atoms with Crippen molar-refractivity contribution in [1.29, 1.82) is 0 Å². The van der Waals surface area contributed by atoms with E-state index in [1.54, 1.807) is 6.20 Å². The topological polar surface area (TPSA) is 79.8 Å². The van der Waals surface area contributed by atoms with E-state index in [1.807, 2.05) is 30.5 Å². The third kappa shape index (κ3) is 5.13. The molecule has 2 aromatic heterocycles. The summed E-state index contributed by atoms with van der Waals surface area (Å²) in [6.07, 6.45) is 5.66. The van der Waals surface area contributed by atoms with Gasteiger partial charge in [0.05, 0.1) is 0 Å². The van der Waals surface area contributed by atoms with E-state index in [1.165, 1.54) is 22.5 Å². The van der Waals surface area contributed by atoms with Crippen molar-refractivity contribution in [2.45, 2.75) is 46.0 Å². The zero-order valence-electron chi connectivity index (χ0n) is 16.6. The van der Waals surface area contributed by atoms with E-state index in [0.29, 0.717) is 5.13 Å². The van der Waals surface area contributed by atoms with Gasteiger partial charge in [0.15, 0.2) is 5.01 Å². The summed E-state index contributed by atoms with van der Waals surface area (Å²) in [4.78, 5) is 16.5. The Hall–Kier alpha value is -2.80. The summed E-state index contributed by atoms with van der Waals surface area (Å²) in [5, 5.41) is 15.0. The minimum Gasteiger partial charge on any atom is -0.308 e. The lowest BCUT2D eigenvalue weighted by Gasteiger charge is -2.19. The number of amides is 2. The maximum absolute atomic E-state index is 12.3. The highest BCUT2D eigenvalue weighted by atomic mass is 32.1. The lowest BCUT2D eigenvalue weighted by molar-refractivity contribution is 0.262. The highest BCUT2D eigenvalue weighted by Crippen LogP contribution is 2.27. The lowest BCUT2D eigenvalue weighted by Crippen LogP contribution is -2.19. The minimum absolute atomic E-state index is 0.0764. The summed E-state index contributed by atoms with van der Waals surface area (Å²) in [5.74, 6) is 0. The van der Waals surface area contributed by atoms with Crippen molar-refractivity contribution in [3.8, 4) is 10.6 Å². The fourth-order valence-corrected chi connectivity index (χ4v) is 3.45. The fourth-order valence-electron chi connectivity index (χ4n) is 2.73. The number of hydrogen-bond donors (Lipinski definition) is 2. The van der Waals surface area contributed by atoms with E-state index in [-0.39, 0.29) is 11.4 Å². The number of urea groups is 1. The number of hydrogen-bond acceptors (Lipinski definition) is 5. The SMILES string of the molecule is CCCc1cncc(-c2nnc(NC(=O)Nc3ccc(C(C)(C)C)cc3)s2)c1. The molecule has 2 amide bonds. The number of pyridine rings is 1. The summed E-state index contributed by atoms with van der Waals surface area (Å²) in [6, 6.07) is 9.57. The number of nitrogens with one attached hydrogen (secondary N) is 2. The lowest BCUT2D eigenvalue weighted by atomic mass is 9.87. The predicted octanol–water partition coefficient (Wildman–Crippen LogP) is 5.49. The van der Waals surface area contributed by atoms with E-state index in [4.69, 9.17) is 0 Å². The van der Waals surface area contributed by atoms with Crippen LogP contribution in [0.1, 0.15) is 45.2 Å². The monoisotopic (exact) mass is 395 g/mol. The number of carbonyl (C=O) groups excluding carboxylic acids is 1. The molecular weight excluding hydrogens is 370 g/mol. The molecule has 0 radical (unpaired) electrons. The summed E-state index contributed by atoms with van der Waals surface area (Å²) < 4.78 is 0. The quantitative estimate of drug-likeness (QED) is 0.598. The number of nitrogens with zero attached hydrogens (tertiary/aromatic N) is 3. The Balaban J connectivity index is 1.63. The predicted molar refractivity (Wildman–Crippen MR) is 115 cm³/mol. The van der Waals surface area contributed by atoms with E-state index >= 15 is 0 Å². The van der Waals surface area contributed by atoms with E-state index in [2.05, 4.69) is 59.6 Å². The molecule has 0 aliphatic rings. The molecular formula is C21H25N5OS. The Bertz CT molecular complexity index is 944. The molecule has 3 aromatic rings. The van der Waals surface area contributed by atoms with Crippen LogP contribution < -0.4 is 10.6 Å². The van der Waals surface area contributed by atoms with Crippen molar-refractivity contribution in [2.24, 2.45) is 0 Å². The van der Waals surface area contributed by atoms with Gasteiger partial charge in [-0.25, -0.2) is 4.79 Å². The van der Waals surface area contributed by atoms with Gasteiger partial charge in [-0.3, -0.25) is 10.3 Å². The van der Waals surface area contributed by atoms with Gasteiger partial charge >= 0.3 is 6.03 Å². The van der Waals surface area contributed by atoms with Gasteiger partial charge in [-0.15, -0.1) is 10.2 Å². The molecule has 1 aromatic carbocycles. The van der Waals surface area contributed by atoms with Crippen molar-refractivity contribution in [3.05, 3.63) is 53.9 Å². The Morgan fingerprint density at radius 2 is 1.82 bits per heavy atom. The summed E-state index contributed by atoms with van der Waals surface area (Å²) in [6.45, 7) is 8.60. The highest BCUT2D eigenvalue weighted by molar-refractivity contribution is 7.18. The Kier molecular flexibility index (Phi) is 6.04. The first-order chi connectivity index (χ1) is 13.3. The van der Waals surface area contributed by atoms with Crippen molar-refractivity contribution in [3.63, 3.8) is 0 Å². The second kappa shape index (κ2) is 8.48. The molecule has 2 N–H and O–H groups in total. The standard InChI is InChI=1S/C21H25N5OS/c1-5-6-14-11-15(13-22-12-14)18-25-26-20(28-18)24-19(27)23-17-9-7-16(8-10-17)21(2,3)4/h7-13H,5-6H2,1-4H3,(H2,23,24,26,27). The summed E-state index contributed by atoms with van der Waals surface area (Å²) >= 11 is 1.32. The molecule has 7 heteroatoms. The number of benzene rings is 1. The smallest absolute Gasteiger partial charge is 0.308 e. The molecule has 0 aliphatic carbocycles. The first-order valence-electron chi connectivity index (χ1n) is 9.31. The maximum atomic E-state index is 12.3. The van der Waals surface area contributed by atoms with Gasteiger partial charge < -0.3 is 5.32 Å². The third-order valence-corrected chi connectivity index (χ3v) is 5.12. The largest absolute Gasteiger partial charge is 0.325 e. The zero-order valence-corrected chi connectivity index (χ0v) is 17.4. The van der Waals surface area contributed by atoms with E-state index in [0.717, 1.165) is 29.1 Å². The second-order valence-electron chi connectivity index (χ2n) is 7.65. The molecule has 0 saturated carbocycles. The fraction of sp³-hybridized carbons (Fsp3) is 0.333. The molecule has 6 nitrogen and oxygen atoms in total. The first kappa shape index (κ1) is 19.9. The molecule has 146 valence electrons. The summed E-state index contributed by atoms with van der Waals surface area (Å²) in [7, 11) is 0. The average Bonchev–Trinajstić information content (AvgIpc) is 3.10. The van der Waals surface area contributed by atoms with Crippen LogP contribution in [0.4, 0.5) is 15.6 Å². The van der Waals surface area contributed by atoms with Crippen LogP contribution in [-0.2, 0) is 11.8 Å². The van der Waals surface area contributed by atoms with E-state index < -0.39 is 0 Å². The summed E-state index contributed by atoms with van der Waals surface area (Å²) in [5.41, 5.74) is 4.10. The molecule has 0 saturated heterocycles. The van der Waals surface area contributed by atoms with E-state index in [9.17, 15) is 4.79 Å². The minimum atomic E-state index is -0.343. The van der Waals surface area contributed by atoms with Crippen molar-refractivity contribution < 1.29 is 4.79 Å². The number of aromatic nitrogens is 3. The molecule has 0 atom stereocenters. The van der Waals surface area contributed by atoms with Crippen LogP contribution in [0, 0.1) is 0 Å².